The van der Waals surface area contributed by atoms with Crippen LogP contribution in [0.25, 0.3) is 11.4 Å². The molecule has 0 spiro atoms. The van der Waals surface area contributed by atoms with E-state index in [9.17, 15) is 5.11 Å². The van der Waals surface area contributed by atoms with Crippen molar-refractivity contribution in [1.82, 2.24) is 14.9 Å². The van der Waals surface area contributed by atoms with E-state index in [-0.39, 0.29) is 5.75 Å². The first kappa shape index (κ1) is 19.6. The third kappa shape index (κ3) is 4.07. The summed E-state index contributed by atoms with van der Waals surface area (Å²) in [6.45, 7) is 5.91. The third-order valence-corrected chi connectivity index (χ3v) is 4.72. The van der Waals surface area contributed by atoms with E-state index in [4.69, 9.17) is 17.0 Å². The Morgan fingerprint density at radius 1 is 1.21 bits per heavy atom. The van der Waals surface area contributed by atoms with E-state index >= 15 is 0 Å². The molecule has 146 valence electrons. The summed E-state index contributed by atoms with van der Waals surface area (Å²) in [6.07, 6.45) is 1.57. The Labute approximate surface area is 168 Å². The number of nitrogens with zero attached hydrogens (tertiary/aromatic N) is 4. The number of benzene rings is 2. The summed E-state index contributed by atoms with van der Waals surface area (Å²) >= 11 is 5.29. The van der Waals surface area contributed by atoms with Crippen molar-refractivity contribution in [3.8, 4) is 22.9 Å². The first-order chi connectivity index (χ1) is 13.6. The van der Waals surface area contributed by atoms with Crippen LogP contribution in [0.2, 0.25) is 0 Å². The fourth-order valence-corrected chi connectivity index (χ4v) is 3.05. The number of H-pyrrole nitrogens is 1. The van der Waals surface area contributed by atoms with E-state index in [1.54, 1.807) is 19.4 Å². The molecule has 0 atom stereocenters. The molecule has 0 fully saturated rings. The van der Waals surface area contributed by atoms with Crippen LogP contribution in [0.5, 0.6) is 11.5 Å². The smallest absolute Gasteiger partial charge is 0.216 e. The van der Waals surface area contributed by atoms with Crippen LogP contribution >= 0.6 is 12.2 Å². The Morgan fingerprint density at radius 3 is 2.54 bits per heavy atom. The highest BCUT2D eigenvalue weighted by molar-refractivity contribution is 7.71. The van der Waals surface area contributed by atoms with Gasteiger partial charge in [0.2, 0.25) is 4.77 Å². The third-order valence-electron chi connectivity index (χ3n) is 4.45. The van der Waals surface area contributed by atoms with Crippen LogP contribution in [0, 0.1) is 4.77 Å². The molecule has 7 nitrogen and oxygen atoms in total. The summed E-state index contributed by atoms with van der Waals surface area (Å²) in [5, 5.41) is 21.8. The molecule has 1 aromatic heterocycles. The van der Waals surface area contributed by atoms with Gasteiger partial charge in [-0.25, -0.2) is 5.10 Å². The average molecular weight is 398 g/mol. The van der Waals surface area contributed by atoms with Gasteiger partial charge >= 0.3 is 0 Å². The number of phenols is 1. The molecule has 0 amide bonds. The van der Waals surface area contributed by atoms with E-state index in [1.165, 1.54) is 4.68 Å². The molecule has 2 N–H and O–H groups in total. The summed E-state index contributed by atoms with van der Waals surface area (Å²) in [6, 6.07) is 13.0. The molecule has 3 rings (SSSR count). The van der Waals surface area contributed by atoms with Gasteiger partial charge in [-0.15, -0.1) is 0 Å². The molecule has 1 heterocycles. The van der Waals surface area contributed by atoms with Crippen molar-refractivity contribution in [3.63, 3.8) is 0 Å². The second-order valence-electron chi connectivity index (χ2n) is 6.05. The van der Waals surface area contributed by atoms with Gasteiger partial charge in [-0.2, -0.15) is 14.9 Å². The predicted octanol–water partition coefficient (Wildman–Crippen LogP) is 4.05. The van der Waals surface area contributed by atoms with Gasteiger partial charge in [-0.1, -0.05) is 0 Å². The molecule has 0 radical (unpaired) electrons. The second kappa shape index (κ2) is 8.71. The van der Waals surface area contributed by atoms with Crippen LogP contribution in [0.1, 0.15) is 19.4 Å². The summed E-state index contributed by atoms with van der Waals surface area (Å²) in [7, 11) is 1.62. The zero-order valence-corrected chi connectivity index (χ0v) is 16.9. The molecule has 0 unspecified atom stereocenters. The zero-order chi connectivity index (χ0) is 20.1. The van der Waals surface area contributed by atoms with Crippen molar-refractivity contribution in [2.45, 2.75) is 13.8 Å². The summed E-state index contributed by atoms with van der Waals surface area (Å²) in [5.74, 6) is 1.49. The van der Waals surface area contributed by atoms with Crippen molar-refractivity contribution in [1.29, 1.82) is 0 Å². The van der Waals surface area contributed by atoms with Crippen molar-refractivity contribution in [2.24, 2.45) is 5.10 Å². The Morgan fingerprint density at radius 2 is 1.93 bits per heavy atom. The Kier molecular flexibility index (Phi) is 6.10. The Hall–Kier alpha value is -3.13. The fraction of sp³-hybridized carbons (Fsp3) is 0.250. The van der Waals surface area contributed by atoms with Crippen LogP contribution in [0.3, 0.4) is 0 Å². The van der Waals surface area contributed by atoms with Crippen LogP contribution in [-0.2, 0) is 0 Å². The Bertz CT molecular complexity index is 1020. The number of rotatable bonds is 7. The number of ether oxygens (including phenoxy) is 1. The zero-order valence-electron chi connectivity index (χ0n) is 16.1. The highest BCUT2D eigenvalue weighted by Crippen LogP contribution is 2.24. The summed E-state index contributed by atoms with van der Waals surface area (Å²) in [5.41, 5.74) is 2.41. The van der Waals surface area contributed by atoms with Gasteiger partial charge in [0.15, 0.2) is 5.82 Å². The van der Waals surface area contributed by atoms with Crippen molar-refractivity contribution < 1.29 is 9.84 Å². The molecular weight excluding hydrogens is 374 g/mol. The first-order valence-corrected chi connectivity index (χ1v) is 9.42. The minimum Gasteiger partial charge on any atom is -0.507 e. The molecule has 0 saturated carbocycles. The molecule has 0 aliphatic carbocycles. The second-order valence-corrected chi connectivity index (χ2v) is 6.44. The molecule has 3 aromatic rings. The number of aromatic nitrogens is 3. The molecule has 28 heavy (non-hydrogen) atoms. The van der Waals surface area contributed by atoms with Gasteiger partial charge < -0.3 is 14.7 Å². The van der Waals surface area contributed by atoms with Gasteiger partial charge in [0.25, 0.3) is 0 Å². The summed E-state index contributed by atoms with van der Waals surface area (Å²) < 4.78 is 7.07. The average Bonchev–Trinajstić information content (AvgIpc) is 3.09. The molecule has 0 aliphatic rings. The number of methoxy groups -OCH3 is 1. The lowest BCUT2D eigenvalue weighted by molar-refractivity contribution is 0.415. The first-order valence-electron chi connectivity index (χ1n) is 9.01. The van der Waals surface area contributed by atoms with Crippen molar-refractivity contribution >= 4 is 24.1 Å². The van der Waals surface area contributed by atoms with Crippen LogP contribution in [-0.4, -0.2) is 46.4 Å². The van der Waals surface area contributed by atoms with Crippen LogP contribution < -0.4 is 9.64 Å². The molecular formula is C20H23N5O2S. The number of nitrogens with one attached hydrogen (secondary N) is 1. The number of hydrogen-bond acceptors (Lipinski definition) is 6. The lowest BCUT2D eigenvalue weighted by Gasteiger charge is -2.21. The van der Waals surface area contributed by atoms with Gasteiger partial charge in [0.1, 0.15) is 11.5 Å². The van der Waals surface area contributed by atoms with E-state index in [0.29, 0.717) is 16.2 Å². The molecule has 8 heteroatoms. The van der Waals surface area contributed by atoms with Crippen molar-refractivity contribution in [2.75, 3.05) is 25.1 Å². The van der Waals surface area contributed by atoms with Crippen molar-refractivity contribution in [3.05, 3.63) is 52.8 Å². The fourth-order valence-electron chi connectivity index (χ4n) is 2.87. The van der Waals surface area contributed by atoms with Gasteiger partial charge in [0.05, 0.1) is 13.3 Å². The number of phenolic OH excluding ortho intramolecular Hbond substituents is 1. The van der Waals surface area contributed by atoms with E-state index in [2.05, 4.69) is 34.0 Å². The predicted molar refractivity (Wildman–Crippen MR) is 114 cm³/mol. The topological polar surface area (TPSA) is 78.7 Å². The molecule has 0 bridgehead atoms. The molecule has 2 aromatic carbocycles. The minimum absolute atomic E-state index is 0.161. The number of hydrogen-bond donors (Lipinski definition) is 2. The maximum atomic E-state index is 10.4. The highest BCUT2D eigenvalue weighted by atomic mass is 32.1. The van der Waals surface area contributed by atoms with E-state index in [1.807, 2.05) is 36.4 Å². The largest absolute Gasteiger partial charge is 0.507 e. The van der Waals surface area contributed by atoms with Crippen LogP contribution in [0.4, 0.5) is 5.69 Å². The quantitative estimate of drug-likeness (QED) is 0.464. The number of aromatic hydroxyl groups is 1. The maximum Gasteiger partial charge on any atom is 0.216 e. The normalized spacial score (nSPS) is 11.1. The highest BCUT2D eigenvalue weighted by Gasteiger charge is 2.09. The SMILES string of the molecule is CCN(CC)c1ccc(C=Nn2c(-c3ccc(OC)cc3)n[nH]c2=S)c(O)c1. The number of aromatic amines is 1. The van der Waals surface area contributed by atoms with Crippen LogP contribution in [0.15, 0.2) is 47.6 Å². The monoisotopic (exact) mass is 397 g/mol. The number of anilines is 1. The van der Waals surface area contributed by atoms with Gasteiger partial charge in [-0.3, -0.25) is 0 Å². The lowest BCUT2D eigenvalue weighted by atomic mass is 10.2. The minimum atomic E-state index is 0.161. The molecule has 0 saturated heterocycles. The standard InChI is InChI=1S/C20H23N5O2S/c1-4-24(5-2)16-9-6-15(18(26)12-16)13-21-25-19(22-23-20(25)28)14-7-10-17(27-3)11-8-14/h6-13,26H,4-5H2,1-3H3,(H,23,28). The lowest BCUT2D eigenvalue weighted by Crippen LogP contribution is -2.21. The molecule has 0 aliphatic heterocycles. The Balaban J connectivity index is 1.91. The summed E-state index contributed by atoms with van der Waals surface area (Å²) in [4.78, 5) is 2.16. The van der Waals surface area contributed by atoms with Gasteiger partial charge in [-0.05, 0) is 62.5 Å². The van der Waals surface area contributed by atoms with Gasteiger partial charge in [0, 0.05) is 36.0 Å². The maximum absolute atomic E-state index is 10.4. The van der Waals surface area contributed by atoms with E-state index < -0.39 is 0 Å². The van der Waals surface area contributed by atoms with E-state index in [0.717, 1.165) is 30.1 Å².